The Bertz CT molecular complexity index is 665. The van der Waals surface area contributed by atoms with Gasteiger partial charge >= 0.3 is 0 Å². The number of anilines is 1. The van der Waals surface area contributed by atoms with Crippen molar-refractivity contribution in [3.63, 3.8) is 0 Å². The van der Waals surface area contributed by atoms with E-state index in [0.29, 0.717) is 29.9 Å². The zero-order valence-electron chi connectivity index (χ0n) is 14.6. The quantitative estimate of drug-likeness (QED) is 0.844. The largest absolute Gasteiger partial charge is 0.342 e. The number of carbonyl (C=O) groups excluding carboxylic acids is 1. The van der Waals surface area contributed by atoms with Gasteiger partial charge in [-0.15, -0.1) is 0 Å². The number of piperidine rings is 1. The smallest absolute Gasteiger partial charge is 0.226 e. The molecule has 6 heteroatoms. The van der Waals surface area contributed by atoms with Gasteiger partial charge in [0.25, 0.3) is 0 Å². The molecule has 1 aromatic heterocycles. The van der Waals surface area contributed by atoms with Crippen molar-refractivity contribution in [2.45, 2.75) is 38.5 Å². The summed E-state index contributed by atoms with van der Waals surface area (Å²) in [5, 5.41) is 8.96. The molecule has 1 amide bonds. The Morgan fingerprint density at radius 2 is 1.92 bits per heavy atom. The van der Waals surface area contributed by atoms with Gasteiger partial charge in [-0.2, -0.15) is 5.26 Å². The minimum Gasteiger partial charge on any atom is -0.342 e. The van der Waals surface area contributed by atoms with Crippen molar-refractivity contribution in [3.8, 4) is 6.07 Å². The molecule has 3 heterocycles. The monoisotopic (exact) mass is 339 g/mol. The van der Waals surface area contributed by atoms with Crippen molar-refractivity contribution in [3.05, 3.63) is 18.0 Å². The summed E-state index contributed by atoms with van der Waals surface area (Å²) >= 11 is 0. The molecule has 132 valence electrons. The van der Waals surface area contributed by atoms with Crippen LogP contribution >= 0.6 is 0 Å². The van der Waals surface area contributed by atoms with Crippen LogP contribution in [0, 0.1) is 29.1 Å². The van der Waals surface area contributed by atoms with Crippen molar-refractivity contribution in [1.82, 2.24) is 14.9 Å². The number of nitriles is 1. The lowest BCUT2D eigenvalue weighted by Gasteiger charge is -2.32. The molecule has 2 aliphatic heterocycles. The third-order valence-corrected chi connectivity index (χ3v) is 6.20. The molecule has 2 unspecified atom stereocenters. The van der Waals surface area contributed by atoms with Crippen LogP contribution in [0.15, 0.2) is 12.3 Å². The van der Waals surface area contributed by atoms with Crippen LogP contribution in [0.4, 0.5) is 5.95 Å². The number of nitrogens with zero attached hydrogens (tertiary/aromatic N) is 5. The lowest BCUT2D eigenvalue weighted by molar-refractivity contribution is -0.131. The topological polar surface area (TPSA) is 73.1 Å². The summed E-state index contributed by atoms with van der Waals surface area (Å²) in [6.07, 6.45) is 8.29. The summed E-state index contributed by atoms with van der Waals surface area (Å²) in [4.78, 5) is 25.4. The molecular formula is C19H25N5O. The first-order chi connectivity index (χ1) is 12.2. The molecule has 6 nitrogen and oxygen atoms in total. The van der Waals surface area contributed by atoms with E-state index in [2.05, 4.69) is 25.8 Å². The third-order valence-electron chi connectivity index (χ3n) is 6.20. The van der Waals surface area contributed by atoms with E-state index in [1.54, 1.807) is 12.3 Å². The van der Waals surface area contributed by atoms with Crippen LogP contribution < -0.4 is 4.90 Å². The Balaban J connectivity index is 1.27. The van der Waals surface area contributed by atoms with Crippen molar-refractivity contribution >= 4 is 11.9 Å². The van der Waals surface area contributed by atoms with Crippen LogP contribution in [-0.2, 0) is 4.79 Å². The molecule has 1 saturated carbocycles. The molecule has 1 aromatic rings. The maximum Gasteiger partial charge on any atom is 0.226 e. The van der Waals surface area contributed by atoms with Gasteiger partial charge in [0.15, 0.2) is 0 Å². The lowest BCUT2D eigenvalue weighted by Crippen LogP contribution is -2.37. The molecule has 3 aliphatic rings. The highest BCUT2D eigenvalue weighted by molar-refractivity contribution is 5.76. The summed E-state index contributed by atoms with van der Waals surface area (Å²) < 4.78 is 0. The first kappa shape index (κ1) is 16.3. The third kappa shape index (κ3) is 3.46. The van der Waals surface area contributed by atoms with Crippen LogP contribution in [0.3, 0.4) is 0 Å². The number of hydrogen-bond acceptors (Lipinski definition) is 5. The lowest BCUT2D eigenvalue weighted by atomic mass is 9.93. The Labute approximate surface area is 148 Å². The fourth-order valence-corrected chi connectivity index (χ4v) is 4.71. The number of amides is 1. The van der Waals surface area contributed by atoms with Crippen molar-refractivity contribution < 1.29 is 4.79 Å². The second-order valence-electron chi connectivity index (χ2n) is 7.74. The Kier molecular flexibility index (Phi) is 4.56. The van der Waals surface area contributed by atoms with E-state index < -0.39 is 0 Å². The molecule has 0 bridgehead atoms. The molecule has 0 aromatic carbocycles. The number of likely N-dealkylation sites (tertiary alicyclic amines) is 1. The van der Waals surface area contributed by atoms with Gasteiger partial charge in [-0.25, -0.2) is 9.97 Å². The number of hydrogen-bond donors (Lipinski definition) is 0. The summed E-state index contributed by atoms with van der Waals surface area (Å²) in [5.74, 6) is 3.00. The molecule has 1 aliphatic carbocycles. The van der Waals surface area contributed by atoms with Gasteiger partial charge in [-0.1, -0.05) is 6.42 Å². The molecule has 4 rings (SSSR count). The van der Waals surface area contributed by atoms with Crippen LogP contribution in [0.2, 0.25) is 0 Å². The van der Waals surface area contributed by atoms with E-state index in [-0.39, 0.29) is 0 Å². The van der Waals surface area contributed by atoms with Crippen molar-refractivity contribution in [2.24, 2.45) is 17.8 Å². The molecule has 2 saturated heterocycles. The van der Waals surface area contributed by atoms with Gasteiger partial charge in [0.05, 0.1) is 0 Å². The Morgan fingerprint density at radius 3 is 2.60 bits per heavy atom. The Morgan fingerprint density at radius 1 is 1.20 bits per heavy atom. The summed E-state index contributed by atoms with van der Waals surface area (Å²) in [7, 11) is 0. The summed E-state index contributed by atoms with van der Waals surface area (Å²) in [6, 6.07) is 3.69. The van der Waals surface area contributed by atoms with E-state index >= 15 is 0 Å². The van der Waals surface area contributed by atoms with E-state index in [4.69, 9.17) is 5.26 Å². The average molecular weight is 339 g/mol. The minimum atomic E-state index is 0.357. The molecule has 0 spiro atoms. The van der Waals surface area contributed by atoms with Crippen LogP contribution in [0.1, 0.15) is 44.2 Å². The van der Waals surface area contributed by atoms with Gasteiger partial charge in [0.1, 0.15) is 11.8 Å². The molecule has 2 atom stereocenters. The van der Waals surface area contributed by atoms with Gasteiger partial charge in [-0.3, -0.25) is 4.79 Å². The van der Waals surface area contributed by atoms with E-state index in [0.717, 1.165) is 50.9 Å². The zero-order valence-corrected chi connectivity index (χ0v) is 14.6. The van der Waals surface area contributed by atoms with Crippen LogP contribution in [-0.4, -0.2) is 47.0 Å². The number of fused-ring (bicyclic) bond motifs is 1. The van der Waals surface area contributed by atoms with E-state index in [9.17, 15) is 4.79 Å². The number of rotatable bonds is 3. The predicted octanol–water partition coefficient (Wildman–Crippen LogP) is 2.21. The van der Waals surface area contributed by atoms with Gasteiger partial charge in [0.2, 0.25) is 11.9 Å². The standard InChI is InChI=1S/C19H25N5O/c20-11-17-4-7-21-19(22-17)23-8-5-14(6-9-23)10-18(25)24-12-15-2-1-3-16(15)13-24/h4,7,14-16H,1-3,5-6,8-10,12-13H2. The summed E-state index contributed by atoms with van der Waals surface area (Å²) in [5.41, 5.74) is 0.405. The number of aromatic nitrogens is 2. The zero-order chi connectivity index (χ0) is 17.2. The molecular weight excluding hydrogens is 314 g/mol. The SMILES string of the molecule is N#Cc1ccnc(N2CCC(CC(=O)N3CC4CCCC4C3)CC2)n1. The highest BCUT2D eigenvalue weighted by atomic mass is 16.2. The average Bonchev–Trinajstić information content (AvgIpc) is 3.24. The summed E-state index contributed by atoms with van der Waals surface area (Å²) in [6.45, 7) is 3.71. The maximum absolute atomic E-state index is 12.6. The minimum absolute atomic E-state index is 0.357. The molecule has 25 heavy (non-hydrogen) atoms. The predicted molar refractivity (Wildman–Crippen MR) is 93.7 cm³/mol. The molecule has 0 radical (unpaired) electrons. The first-order valence-corrected chi connectivity index (χ1v) is 9.49. The van der Waals surface area contributed by atoms with Crippen LogP contribution in [0.5, 0.6) is 0 Å². The highest BCUT2D eigenvalue weighted by Crippen LogP contribution is 2.38. The normalized spacial score (nSPS) is 26.5. The number of carbonyl (C=O) groups is 1. The maximum atomic E-state index is 12.6. The van der Waals surface area contributed by atoms with Gasteiger partial charge < -0.3 is 9.80 Å². The second kappa shape index (κ2) is 6.99. The fourth-order valence-electron chi connectivity index (χ4n) is 4.71. The van der Waals surface area contributed by atoms with Gasteiger partial charge in [0, 0.05) is 38.8 Å². The highest BCUT2D eigenvalue weighted by Gasteiger charge is 2.38. The van der Waals surface area contributed by atoms with Crippen molar-refractivity contribution in [2.75, 3.05) is 31.1 Å². The first-order valence-electron chi connectivity index (χ1n) is 9.49. The fraction of sp³-hybridized carbons (Fsp3) is 0.684. The van der Waals surface area contributed by atoms with E-state index in [1.807, 2.05) is 0 Å². The van der Waals surface area contributed by atoms with Crippen LogP contribution in [0.25, 0.3) is 0 Å². The van der Waals surface area contributed by atoms with Gasteiger partial charge in [-0.05, 0) is 49.5 Å². The molecule has 3 fully saturated rings. The van der Waals surface area contributed by atoms with E-state index in [1.165, 1.54) is 19.3 Å². The molecule has 0 N–H and O–H groups in total. The second-order valence-corrected chi connectivity index (χ2v) is 7.74. The Hall–Kier alpha value is -2.16. The van der Waals surface area contributed by atoms with Crippen molar-refractivity contribution in [1.29, 1.82) is 5.26 Å².